The van der Waals surface area contributed by atoms with Crippen molar-refractivity contribution in [3.8, 4) is 11.5 Å². The monoisotopic (exact) mass is 210 g/mol. The van der Waals surface area contributed by atoms with E-state index < -0.39 is 6.10 Å². The van der Waals surface area contributed by atoms with Crippen molar-refractivity contribution in [1.82, 2.24) is 4.90 Å². The van der Waals surface area contributed by atoms with Gasteiger partial charge in [0.1, 0.15) is 11.9 Å². The molecule has 0 bridgehead atoms. The van der Waals surface area contributed by atoms with Crippen LogP contribution in [0, 0.1) is 5.41 Å². The van der Waals surface area contributed by atoms with Crippen molar-refractivity contribution >= 4 is 5.84 Å². The van der Waals surface area contributed by atoms with Crippen molar-refractivity contribution in [2.45, 2.75) is 6.10 Å². The van der Waals surface area contributed by atoms with Gasteiger partial charge in [-0.25, -0.2) is 0 Å². The van der Waals surface area contributed by atoms with Gasteiger partial charge in [-0.15, -0.1) is 0 Å². The number of hydrogen-bond donors (Lipinski definition) is 4. The van der Waals surface area contributed by atoms with Crippen molar-refractivity contribution in [3.05, 3.63) is 23.8 Å². The van der Waals surface area contributed by atoms with Crippen LogP contribution in [0.25, 0.3) is 0 Å². The first-order valence-corrected chi connectivity index (χ1v) is 4.39. The van der Waals surface area contributed by atoms with Gasteiger partial charge in [0, 0.05) is 14.1 Å². The second-order valence-electron chi connectivity index (χ2n) is 3.43. The van der Waals surface area contributed by atoms with Crippen molar-refractivity contribution in [3.63, 3.8) is 0 Å². The fourth-order valence-electron chi connectivity index (χ4n) is 1.11. The number of aromatic hydroxyl groups is 2. The van der Waals surface area contributed by atoms with Crippen LogP contribution in [0.2, 0.25) is 0 Å². The number of hydrogen-bond acceptors (Lipinski definition) is 4. The molecular weight excluding hydrogens is 196 g/mol. The lowest BCUT2D eigenvalue weighted by molar-refractivity contribution is 0.230. The first kappa shape index (κ1) is 11.3. The van der Waals surface area contributed by atoms with Gasteiger partial charge in [0.15, 0.2) is 11.5 Å². The standard InChI is InChI=1S/C10H14N2O3/c1-12(2)10(11)9(15)6-3-4-7(13)8(14)5-6/h3-5,9,11,13-15H,1-2H3. The van der Waals surface area contributed by atoms with E-state index in [4.69, 9.17) is 10.5 Å². The molecule has 0 radical (unpaired) electrons. The number of phenols is 2. The average Bonchev–Trinajstić information content (AvgIpc) is 2.19. The highest BCUT2D eigenvalue weighted by atomic mass is 16.3. The van der Waals surface area contributed by atoms with E-state index in [2.05, 4.69) is 0 Å². The molecule has 15 heavy (non-hydrogen) atoms. The second kappa shape index (κ2) is 4.18. The normalized spacial score (nSPS) is 12.2. The van der Waals surface area contributed by atoms with Gasteiger partial charge < -0.3 is 20.2 Å². The lowest BCUT2D eigenvalue weighted by Gasteiger charge is -2.19. The van der Waals surface area contributed by atoms with Crippen LogP contribution in [-0.2, 0) is 0 Å². The highest BCUT2D eigenvalue weighted by molar-refractivity contribution is 5.84. The maximum atomic E-state index is 9.72. The molecule has 0 amide bonds. The molecule has 0 spiro atoms. The first-order chi connectivity index (χ1) is 6.93. The fourth-order valence-corrected chi connectivity index (χ4v) is 1.11. The number of aliphatic hydroxyl groups excluding tert-OH is 1. The minimum absolute atomic E-state index is 0.0140. The highest BCUT2D eigenvalue weighted by Gasteiger charge is 2.16. The molecule has 1 atom stereocenters. The van der Waals surface area contributed by atoms with E-state index in [0.29, 0.717) is 5.56 Å². The van der Waals surface area contributed by atoms with E-state index in [1.54, 1.807) is 14.1 Å². The molecule has 1 aromatic carbocycles. The van der Waals surface area contributed by atoms with Crippen molar-refractivity contribution in [1.29, 1.82) is 5.41 Å². The Balaban J connectivity index is 2.97. The summed E-state index contributed by atoms with van der Waals surface area (Å²) in [6, 6.07) is 3.96. The summed E-state index contributed by atoms with van der Waals surface area (Å²) in [5, 5.41) is 35.6. The molecular formula is C10H14N2O3. The van der Waals surface area contributed by atoms with Gasteiger partial charge in [-0.2, -0.15) is 0 Å². The SMILES string of the molecule is CN(C)C(=N)C(O)c1ccc(O)c(O)c1. The Labute approximate surface area is 87.7 Å². The number of nitrogens with zero attached hydrogens (tertiary/aromatic N) is 1. The summed E-state index contributed by atoms with van der Waals surface area (Å²) < 4.78 is 0. The molecule has 82 valence electrons. The Morgan fingerprint density at radius 1 is 1.27 bits per heavy atom. The fraction of sp³-hybridized carbons (Fsp3) is 0.300. The zero-order valence-electron chi connectivity index (χ0n) is 8.60. The third-order valence-corrected chi connectivity index (χ3v) is 2.06. The van der Waals surface area contributed by atoms with Gasteiger partial charge in [0.05, 0.1) is 0 Å². The molecule has 5 nitrogen and oxygen atoms in total. The first-order valence-electron chi connectivity index (χ1n) is 4.39. The third kappa shape index (κ3) is 2.38. The number of aliphatic hydroxyl groups is 1. The predicted octanol–water partition coefficient (Wildman–Crippen LogP) is 0.670. The summed E-state index contributed by atoms with van der Waals surface area (Å²) in [5.41, 5.74) is 0.365. The Morgan fingerprint density at radius 3 is 2.33 bits per heavy atom. The van der Waals surface area contributed by atoms with Gasteiger partial charge in [0.2, 0.25) is 0 Å². The van der Waals surface area contributed by atoms with E-state index in [1.165, 1.54) is 23.1 Å². The number of benzene rings is 1. The van der Waals surface area contributed by atoms with Gasteiger partial charge >= 0.3 is 0 Å². The molecule has 0 aliphatic heterocycles. The zero-order valence-corrected chi connectivity index (χ0v) is 8.60. The minimum atomic E-state index is -1.11. The van der Waals surface area contributed by atoms with Gasteiger partial charge in [-0.3, -0.25) is 5.41 Å². The van der Waals surface area contributed by atoms with Gasteiger partial charge in [-0.1, -0.05) is 6.07 Å². The molecule has 4 N–H and O–H groups in total. The Bertz CT molecular complexity index is 377. The van der Waals surface area contributed by atoms with Crippen LogP contribution in [-0.4, -0.2) is 40.2 Å². The predicted molar refractivity (Wildman–Crippen MR) is 56.1 cm³/mol. The van der Waals surface area contributed by atoms with Crippen LogP contribution in [0.15, 0.2) is 18.2 Å². The smallest absolute Gasteiger partial charge is 0.157 e. The molecule has 5 heteroatoms. The van der Waals surface area contributed by atoms with Crippen molar-refractivity contribution < 1.29 is 15.3 Å². The molecule has 0 fully saturated rings. The van der Waals surface area contributed by atoms with Crippen LogP contribution in [0.1, 0.15) is 11.7 Å². The molecule has 0 aliphatic rings. The summed E-state index contributed by atoms with van der Waals surface area (Å²) in [6.07, 6.45) is -1.11. The number of likely N-dealkylation sites (N-methyl/N-ethyl adjacent to an activating group) is 1. The average molecular weight is 210 g/mol. The third-order valence-electron chi connectivity index (χ3n) is 2.06. The Kier molecular flexibility index (Phi) is 3.16. The lowest BCUT2D eigenvalue weighted by atomic mass is 10.1. The van der Waals surface area contributed by atoms with Crippen LogP contribution in [0.4, 0.5) is 0 Å². The summed E-state index contributed by atoms with van der Waals surface area (Å²) >= 11 is 0. The van der Waals surface area contributed by atoms with E-state index in [0.717, 1.165) is 0 Å². The summed E-state index contributed by atoms with van der Waals surface area (Å²) in [4.78, 5) is 1.47. The maximum absolute atomic E-state index is 9.72. The number of phenolic OH excluding ortho intramolecular Hbond substituents is 2. The second-order valence-corrected chi connectivity index (χ2v) is 3.43. The van der Waals surface area contributed by atoms with Crippen molar-refractivity contribution in [2.24, 2.45) is 0 Å². The quantitative estimate of drug-likeness (QED) is 0.328. The van der Waals surface area contributed by atoms with Crippen LogP contribution < -0.4 is 0 Å². The lowest BCUT2D eigenvalue weighted by Crippen LogP contribution is -2.27. The number of rotatable bonds is 2. The van der Waals surface area contributed by atoms with Crippen LogP contribution >= 0.6 is 0 Å². The summed E-state index contributed by atoms with van der Waals surface area (Å²) in [5.74, 6) is -0.541. The zero-order chi connectivity index (χ0) is 11.6. The van der Waals surface area contributed by atoms with Gasteiger partial charge in [-0.05, 0) is 17.7 Å². The molecule has 0 heterocycles. The van der Waals surface area contributed by atoms with E-state index >= 15 is 0 Å². The van der Waals surface area contributed by atoms with E-state index in [-0.39, 0.29) is 17.3 Å². The van der Waals surface area contributed by atoms with E-state index in [1.807, 2.05) is 0 Å². The minimum Gasteiger partial charge on any atom is -0.504 e. The molecule has 0 aliphatic carbocycles. The van der Waals surface area contributed by atoms with Gasteiger partial charge in [0.25, 0.3) is 0 Å². The van der Waals surface area contributed by atoms with Crippen LogP contribution in [0.5, 0.6) is 11.5 Å². The molecule has 0 saturated heterocycles. The summed E-state index contributed by atoms with van der Waals surface area (Å²) in [6.45, 7) is 0. The topological polar surface area (TPSA) is 87.8 Å². The molecule has 0 aromatic heterocycles. The maximum Gasteiger partial charge on any atom is 0.157 e. The number of amidine groups is 1. The molecule has 0 saturated carbocycles. The largest absolute Gasteiger partial charge is 0.504 e. The Hall–Kier alpha value is -1.75. The molecule has 1 rings (SSSR count). The summed E-state index contributed by atoms with van der Waals surface area (Å²) in [7, 11) is 3.29. The highest BCUT2D eigenvalue weighted by Crippen LogP contribution is 2.28. The molecule has 1 unspecified atom stereocenters. The van der Waals surface area contributed by atoms with Crippen molar-refractivity contribution in [2.75, 3.05) is 14.1 Å². The van der Waals surface area contributed by atoms with Crippen LogP contribution in [0.3, 0.4) is 0 Å². The number of nitrogens with one attached hydrogen (secondary N) is 1. The Morgan fingerprint density at radius 2 is 1.87 bits per heavy atom. The molecule has 1 aromatic rings. The van der Waals surface area contributed by atoms with E-state index in [9.17, 15) is 10.2 Å².